The monoisotopic (exact) mass is 348 g/mol. The van der Waals surface area contributed by atoms with Gasteiger partial charge in [-0.25, -0.2) is 9.18 Å². The lowest BCUT2D eigenvalue weighted by molar-refractivity contribution is -0.120. The van der Waals surface area contributed by atoms with Crippen LogP contribution in [0.5, 0.6) is 0 Å². The van der Waals surface area contributed by atoms with Gasteiger partial charge < -0.3 is 14.6 Å². The third kappa shape index (κ3) is 3.13. The van der Waals surface area contributed by atoms with Crippen LogP contribution in [-0.2, 0) is 22.5 Å². The van der Waals surface area contributed by atoms with Gasteiger partial charge in [-0.1, -0.05) is 11.2 Å². The van der Waals surface area contributed by atoms with E-state index in [2.05, 4.69) is 15.0 Å². The number of halogens is 1. The Morgan fingerprint density at radius 3 is 2.92 bits per heavy atom. The van der Waals surface area contributed by atoms with Crippen molar-refractivity contribution in [1.29, 1.82) is 0 Å². The summed E-state index contributed by atoms with van der Waals surface area (Å²) < 4.78 is 24.2. The van der Waals surface area contributed by atoms with E-state index >= 15 is 0 Å². The van der Waals surface area contributed by atoms with E-state index in [1.165, 1.54) is 19.4 Å². The van der Waals surface area contributed by atoms with Crippen LogP contribution in [0.25, 0.3) is 10.1 Å². The first-order valence-corrected chi connectivity index (χ1v) is 7.86. The van der Waals surface area contributed by atoms with Gasteiger partial charge in [0.15, 0.2) is 0 Å². The third-order valence-electron chi connectivity index (χ3n) is 3.43. The van der Waals surface area contributed by atoms with Crippen molar-refractivity contribution in [2.24, 2.45) is 0 Å². The SMILES string of the molecule is COC(=O)c1sc2cccc(F)c2c1CNC(=O)Cc1ccon1. The number of ether oxygens (including phenoxy) is 1. The van der Waals surface area contributed by atoms with Crippen LogP contribution in [0.2, 0.25) is 0 Å². The summed E-state index contributed by atoms with van der Waals surface area (Å²) in [7, 11) is 1.26. The number of hydrogen-bond donors (Lipinski definition) is 1. The summed E-state index contributed by atoms with van der Waals surface area (Å²) in [6.07, 6.45) is 1.41. The van der Waals surface area contributed by atoms with Crippen LogP contribution in [0, 0.1) is 5.82 Å². The fraction of sp³-hybridized carbons (Fsp3) is 0.188. The number of hydrogen-bond acceptors (Lipinski definition) is 6. The van der Waals surface area contributed by atoms with Crippen LogP contribution in [-0.4, -0.2) is 24.1 Å². The molecule has 3 rings (SSSR count). The minimum Gasteiger partial charge on any atom is -0.465 e. The summed E-state index contributed by atoms with van der Waals surface area (Å²) >= 11 is 1.13. The number of esters is 1. The van der Waals surface area contributed by atoms with Crippen LogP contribution in [0.1, 0.15) is 20.9 Å². The second-order valence-corrected chi connectivity index (χ2v) is 6.01. The largest absolute Gasteiger partial charge is 0.465 e. The molecule has 0 saturated heterocycles. The molecule has 2 heterocycles. The van der Waals surface area contributed by atoms with Crippen LogP contribution in [0.15, 0.2) is 35.1 Å². The van der Waals surface area contributed by atoms with Gasteiger partial charge >= 0.3 is 5.97 Å². The van der Waals surface area contributed by atoms with Crippen LogP contribution < -0.4 is 5.32 Å². The average molecular weight is 348 g/mol. The molecule has 0 spiro atoms. The molecule has 124 valence electrons. The zero-order valence-electron chi connectivity index (χ0n) is 12.7. The lowest BCUT2D eigenvalue weighted by Crippen LogP contribution is -2.25. The molecule has 0 saturated carbocycles. The number of carbonyl (C=O) groups is 2. The molecule has 1 N–H and O–H groups in total. The fourth-order valence-corrected chi connectivity index (χ4v) is 3.49. The van der Waals surface area contributed by atoms with Gasteiger partial charge in [0.1, 0.15) is 17.0 Å². The number of amides is 1. The van der Waals surface area contributed by atoms with E-state index in [1.807, 2.05) is 0 Å². The minimum atomic E-state index is -0.559. The normalized spacial score (nSPS) is 10.8. The summed E-state index contributed by atoms with van der Waals surface area (Å²) in [6.45, 7) is 0.0159. The Balaban J connectivity index is 1.87. The lowest BCUT2D eigenvalue weighted by atomic mass is 10.1. The van der Waals surface area contributed by atoms with Gasteiger partial charge in [0.25, 0.3) is 0 Å². The number of nitrogens with zero attached hydrogens (tertiary/aromatic N) is 1. The molecule has 0 aliphatic carbocycles. The van der Waals surface area contributed by atoms with Crippen LogP contribution in [0.3, 0.4) is 0 Å². The number of methoxy groups -OCH3 is 1. The molecule has 0 unspecified atom stereocenters. The fourth-order valence-electron chi connectivity index (χ4n) is 2.34. The average Bonchev–Trinajstić information content (AvgIpc) is 3.20. The highest BCUT2D eigenvalue weighted by Gasteiger charge is 2.21. The predicted octanol–water partition coefficient (Wildman–Crippen LogP) is 2.67. The molecule has 0 atom stereocenters. The number of carbonyl (C=O) groups excluding carboxylic acids is 2. The zero-order chi connectivity index (χ0) is 17.1. The van der Waals surface area contributed by atoms with Crippen molar-refractivity contribution in [3.8, 4) is 0 Å². The number of aromatic nitrogens is 1. The quantitative estimate of drug-likeness (QED) is 0.717. The maximum atomic E-state index is 14.2. The third-order valence-corrected chi connectivity index (χ3v) is 4.61. The molecule has 24 heavy (non-hydrogen) atoms. The van der Waals surface area contributed by atoms with Crippen LogP contribution in [0.4, 0.5) is 4.39 Å². The molecule has 3 aromatic rings. The van der Waals surface area contributed by atoms with E-state index in [1.54, 1.807) is 18.2 Å². The Morgan fingerprint density at radius 1 is 1.38 bits per heavy atom. The number of benzene rings is 1. The van der Waals surface area contributed by atoms with Crippen molar-refractivity contribution >= 4 is 33.3 Å². The highest BCUT2D eigenvalue weighted by atomic mass is 32.1. The smallest absolute Gasteiger partial charge is 0.348 e. The van der Waals surface area contributed by atoms with Crippen molar-refractivity contribution in [2.75, 3.05) is 7.11 Å². The van der Waals surface area contributed by atoms with E-state index in [-0.39, 0.29) is 23.7 Å². The Hall–Kier alpha value is -2.74. The summed E-state index contributed by atoms with van der Waals surface area (Å²) in [4.78, 5) is 24.2. The van der Waals surface area contributed by atoms with Crippen molar-refractivity contribution in [3.63, 3.8) is 0 Å². The number of thiophene rings is 1. The summed E-state index contributed by atoms with van der Waals surface area (Å²) in [5.41, 5.74) is 0.899. The molecule has 6 nitrogen and oxygen atoms in total. The Kier molecular flexibility index (Phi) is 4.57. The molecule has 8 heteroatoms. The summed E-state index contributed by atoms with van der Waals surface area (Å²) in [6, 6.07) is 6.19. The highest BCUT2D eigenvalue weighted by molar-refractivity contribution is 7.21. The maximum Gasteiger partial charge on any atom is 0.348 e. The Labute approximate surface area is 140 Å². The second kappa shape index (κ2) is 6.79. The zero-order valence-corrected chi connectivity index (χ0v) is 13.5. The Bertz CT molecular complexity index is 889. The van der Waals surface area contributed by atoms with Gasteiger partial charge in [0.2, 0.25) is 5.91 Å². The molecule has 1 aromatic carbocycles. The molecule has 1 amide bonds. The molecule has 0 bridgehead atoms. The first kappa shape index (κ1) is 16.1. The lowest BCUT2D eigenvalue weighted by Gasteiger charge is -2.06. The first-order chi connectivity index (χ1) is 11.6. The number of nitrogens with one attached hydrogen (secondary N) is 1. The van der Waals surface area contributed by atoms with E-state index in [9.17, 15) is 14.0 Å². The first-order valence-electron chi connectivity index (χ1n) is 7.04. The van der Waals surface area contributed by atoms with E-state index < -0.39 is 11.8 Å². The van der Waals surface area contributed by atoms with E-state index in [0.29, 0.717) is 21.3 Å². The summed E-state index contributed by atoms with van der Waals surface area (Å²) in [5.74, 6) is -1.31. The number of fused-ring (bicyclic) bond motifs is 1. The molecular weight excluding hydrogens is 335 g/mol. The molecule has 2 aromatic heterocycles. The van der Waals surface area contributed by atoms with Crippen molar-refractivity contribution in [2.45, 2.75) is 13.0 Å². The molecule has 0 aliphatic heterocycles. The molecular formula is C16H13FN2O4S. The van der Waals surface area contributed by atoms with Crippen molar-refractivity contribution < 1.29 is 23.2 Å². The highest BCUT2D eigenvalue weighted by Crippen LogP contribution is 2.33. The van der Waals surface area contributed by atoms with Crippen LogP contribution >= 0.6 is 11.3 Å². The topological polar surface area (TPSA) is 81.4 Å². The van der Waals surface area contributed by atoms with Gasteiger partial charge in [-0.2, -0.15) is 0 Å². The Morgan fingerprint density at radius 2 is 2.21 bits per heavy atom. The summed E-state index contributed by atoms with van der Waals surface area (Å²) in [5, 5.41) is 6.65. The number of rotatable bonds is 5. The van der Waals surface area contributed by atoms with E-state index in [0.717, 1.165) is 11.3 Å². The molecule has 0 radical (unpaired) electrons. The minimum absolute atomic E-state index is 0.0159. The van der Waals surface area contributed by atoms with Gasteiger partial charge in [-0.3, -0.25) is 4.79 Å². The standard InChI is InChI=1S/C16H13FN2O4S/c1-22-16(21)15-10(14-11(17)3-2-4-12(14)24-15)8-18-13(20)7-9-5-6-23-19-9/h2-6H,7-8H2,1H3,(H,18,20). The molecule has 0 fully saturated rings. The van der Waals surface area contributed by atoms with E-state index in [4.69, 9.17) is 4.74 Å². The van der Waals surface area contributed by atoms with Crippen molar-refractivity contribution in [3.05, 3.63) is 52.5 Å². The second-order valence-electron chi connectivity index (χ2n) is 4.96. The predicted molar refractivity (Wildman–Crippen MR) is 85.2 cm³/mol. The van der Waals surface area contributed by atoms with Crippen molar-refractivity contribution in [1.82, 2.24) is 10.5 Å². The maximum absolute atomic E-state index is 14.2. The van der Waals surface area contributed by atoms with Gasteiger partial charge in [0.05, 0.1) is 19.2 Å². The molecule has 0 aliphatic rings. The van der Waals surface area contributed by atoms with Gasteiger partial charge in [0, 0.05) is 28.3 Å². The van der Waals surface area contributed by atoms with Gasteiger partial charge in [-0.05, 0) is 12.1 Å². The van der Waals surface area contributed by atoms with Gasteiger partial charge in [-0.15, -0.1) is 11.3 Å².